The van der Waals surface area contributed by atoms with E-state index in [-0.39, 0.29) is 12.7 Å². The molecule has 1 amide bonds. The highest BCUT2D eigenvalue weighted by molar-refractivity contribution is 6.00. The summed E-state index contributed by atoms with van der Waals surface area (Å²) in [6, 6.07) is 13.5. The van der Waals surface area contributed by atoms with Crippen molar-refractivity contribution in [3.63, 3.8) is 0 Å². The van der Waals surface area contributed by atoms with E-state index in [9.17, 15) is 4.79 Å². The molecule has 2 aromatic carbocycles. The van der Waals surface area contributed by atoms with Gasteiger partial charge in [0.1, 0.15) is 11.4 Å². The third-order valence-electron chi connectivity index (χ3n) is 4.64. The molecule has 6 nitrogen and oxygen atoms in total. The molecule has 0 bridgehead atoms. The summed E-state index contributed by atoms with van der Waals surface area (Å²) in [7, 11) is 3.52. The van der Waals surface area contributed by atoms with E-state index in [1.807, 2.05) is 54.1 Å². The average Bonchev–Trinajstić information content (AvgIpc) is 3.25. The van der Waals surface area contributed by atoms with Gasteiger partial charge in [-0.15, -0.1) is 0 Å². The van der Waals surface area contributed by atoms with Crippen molar-refractivity contribution < 1.29 is 19.0 Å². The normalized spacial score (nSPS) is 12.4. The molecular weight excluding hydrogens is 332 g/mol. The molecule has 2 heterocycles. The lowest BCUT2D eigenvalue weighted by molar-refractivity contribution is 0.0946. The van der Waals surface area contributed by atoms with Crippen LogP contribution in [0.25, 0.3) is 10.9 Å². The highest BCUT2D eigenvalue weighted by Gasteiger charge is 2.16. The molecule has 1 aliphatic rings. The number of aromatic nitrogens is 1. The number of methoxy groups -OCH3 is 1. The number of aryl methyl sites for hydroxylation is 1. The Morgan fingerprint density at radius 1 is 1.19 bits per heavy atom. The molecule has 0 saturated carbocycles. The zero-order valence-corrected chi connectivity index (χ0v) is 14.7. The Kier molecular flexibility index (Phi) is 4.16. The highest BCUT2D eigenvalue weighted by Crippen LogP contribution is 2.32. The third-order valence-corrected chi connectivity index (χ3v) is 4.64. The van der Waals surface area contributed by atoms with Gasteiger partial charge in [-0.05, 0) is 42.3 Å². The smallest absolute Gasteiger partial charge is 0.267 e. The van der Waals surface area contributed by atoms with Gasteiger partial charge < -0.3 is 24.1 Å². The van der Waals surface area contributed by atoms with Crippen LogP contribution in [0.1, 0.15) is 16.1 Å². The molecule has 26 heavy (non-hydrogen) atoms. The molecule has 0 aliphatic carbocycles. The molecule has 1 N–H and O–H groups in total. The van der Waals surface area contributed by atoms with Crippen molar-refractivity contribution in [2.24, 2.45) is 7.05 Å². The van der Waals surface area contributed by atoms with Crippen molar-refractivity contribution in [3.05, 3.63) is 53.7 Å². The lowest BCUT2D eigenvalue weighted by Crippen LogP contribution is -2.27. The van der Waals surface area contributed by atoms with Gasteiger partial charge in [-0.1, -0.05) is 12.1 Å². The number of amides is 1. The van der Waals surface area contributed by atoms with Gasteiger partial charge in [0, 0.05) is 19.0 Å². The third kappa shape index (κ3) is 2.83. The first-order valence-electron chi connectivity index (χ1n) is 8.46. The number of hydrogen-bond donors (Lipinski definition) is 1. The maximum Gasteiger partial charge on any atom is 0.267 e. The number of carbonyl (C=O) groups is 1. The van der Waals surface area contributed by atoms with Gasteiger partial charge in [0.2, 0.25) is 6.79 Å². The van der Waals surface area contributed by atoms with Gasteiger partial charge in [-0.3, -0.25) is 4.79 Å². The van der Waals surface area contributed by atoms with Crippen LogP contribution >= 0.6 is 0 Å². The summed E-state index contributed by atoms with van der Waals surface area (Å²) in [6.07, 6.45) is 0.718. The van der Waals surface area contributed by atoms with Crippen LogP contribution in [0.2, 0.25) is 0 Å². The first-order chi connectivity index (χ1) is 12.7. The summed E-state index contributed by atoms with van der Waals surface area (Å²) in [5, 5.41) is 3.91. The van der Waals surface area contributed by atoms with Crippen molar-refractivity contribution in [1.29, 1.82) is 0 Å². The molecule has 3 aromatic rings. The number of hydrogen-bond acceptors (Lipinski definition) is 4. The number of ether oxygens (including phenoxy) is 3. The van der Waals surface area contributed by atoms with E-state index in [0.29, 0.717) is 12.2 Å². The van der Waals surface area contributed by atoms with Gasteiger partial charge in [0.15, 0.2) is 11.5 Å². The SMILES string of the molecule is COc1cccc2c1cc(C(=O)NCCc1ccc3c(c1)OCO3)n2C. The molecule has 6 heteroatoms. The molecule has 0 atom stereocenters. The zero-order valence-electron chi connectivity index (χ0n) is 14.7. The Labute approximate surface area is 151 Å². The summed E-state index contributed by atoms with van der Waals surface area (Å²) >= 11 is 0. The van der Waals surface area contributed by atoms with E-state index in [2.05, 4.69) is 5.32 Å². The summed E-state index contributed by atoms with van der Waals surface area (Å²) in [5.41, 5.74) is 2.66. The highest BCUT2D eigenvalue weighted by atomic mass is 16.7. The van der Waals surface area contributed by atoms with Crippen LogP contribution in [0.5, 0.6) is 17.2 Å². The molecule has 1 aromatic heterocycles. The maximum atomic E-state index is 12.6. The van der Waals surface area contributed by atoms with Crippen LogP contribution in [0, 0.1) is 0 Å². The second-order valence-electron chi connectivity index (χ2n) is 6.18. The van der Waals surface area contributed by atoms with Gasteiger partial charge in [0.25, 0.3) is 5.91 Å². The Hall–Kier alpha value is -3.15. The molecule has 0 spiro atoms. The van der Waals surface area contributed by atoms with Crippen molar-refractivity contribution in [1.82, 2.24) is 9.88 Å². The average molecular weight is 352 g/mol. The van der Waals surface area contributed by atoms with E-state index < -0.39 is 0 Å². The second kappa shape index (κ2) is 6.63. The predicted molar refractivity (Wildman–Crippen MR) is 98.1 cm³/mol. The maximum absolute atomic E-state index is 12.6. The summed E-state index contributed by atoms with van der Waals surface area (Å²) in [6.45, 7) is 0.803. The minimum Gasteiger partial charge on any atom is -0.496 e. The number of nitrogens with one attached hydrogen (secondary N) is 1. The van der Waals surface area contributed by atoms with Crippen LogP contribution in [-0.2, 0) is 13.5 Å². The van der Waals surface area contributed by atoms with Gasteiger partial charge in [-0.2, -0.15) is 0 Å². The summed E-state index contributed by atoms with van der Waals surface area (Å²) < 4.78 is 18.0. The van der Waals surface area contributed by atoms with E-state index >= 15 is 0 Å². The van der Waals surface area contributed by atoms with E-state index in [1.165, 1.54) is 0 Å². The van der Waals surface area contributed by atoms with Crippen LogP contribution in [-0.4, -0.2) is 30.9 Å². The number of nitrogens with zero attached hydrogens (tertiary/aromatic N) is 1. The van der Waals surface area contributed by atoms with Gasteiger partial charge in [0.05, 0.1) is 12.6 Å². The molecule has 0 saturated heterocycles. The van der Waals surface area contributed by atoms with Crippen LogP contribution in [0.4, 0.5) is 0 Å². The van der Waals surface area contributed by atoms with Crippen molar-refractivity contribution in [2.45, 2.75) is 6.42 Å². The number of rotatable bonds is 5. The fourth-order valence-corrected chi connectivity index (χ4v) is 3.24. The fraction of sp³-hybridized carbons (Fsp3) is 0.250. The Bertz CT molecular complexity index is 977. The van der Waals surface area contributed by atoms with E-state index in [0.717, 1.165) is 40.1 Å². The minimum absolute atomic E-state index is 0.105. The van der Waals surface area contributed by atoms with Crippen LogP contribution < -0.4 is 19.5 Å². The Morgan fingerprint density at radius 3 is 2.88 bits per heavy atom. The first-order valence-corrected chi connectivity index (χ1v) is 8.46. The Balaban J connectivity index is 1.45. The molecule has 0 fully saturated rings. The van der Waals surface area contributed by atoms with Gasteiger partial charge >= 0.3 is 0 Å². The topological polar surface area (TPSA) is 61.7 Å². The monoisotopic (exact) mass is 352 g/mol. The number of benzene rings is 2. The number of fused-ring (bicyclic) bond motifs is 2. The van der Waals surface area contributed by atoms with E-state index in [4.69, 9.17) is 14.2 Å². The molecule has 0 unspecified atom stereocenters. The summed E-state index contributed by atoms with van der Waals surface area (Å²) in [4.78, 5) is 12.6. The predicted octanol–water partition coefficient (Wildman–Crippen LogP) is 2.89. The lowest BCUT2D eigenvalue weighted by atomic mass is 10.1. The van der Waals surface area contributed by atoms with Crippen molar-refractivity contribution in [3.8, 4) is 17.2 Å². The summed E-state index contributed by atoms with van der Waals surface area (Å²) in [5.74, 6) is 2.18. The second-order valence-corrected chi connectivity index (χ2v) is 6.18. The molecule has 0 radical (unpaired) electrons. The lowest BCUT2D eigenvalue weighted by Gasteiger charge is -2.07. The van der Waals surface area contributed by atoms with Crippen molar-refractivity contribution in [2.75, 3.05) is 20.4 Å². The largest absolute Gasteiger partial charge is 0.496 e. The first kappa shape index (κ1) is 16.3. The molecule has 134 valence electrons. The van der Waals surface area contributed by atoms with Crippen LogP contribution in [0.15, 0.2) is 42.5 Å². The minimum atomic E-state index is -0.105. The van der Waals surface area contributed by atoms with Gasteiger partial charge in [-0.25, -0.2) is 0 Å². The fourth-order valence-electron chi connectivity index (χ4n) is 3.24. The van der Waals surface area contributed by atoms with Crippen molar-refractivity contribution >= 4 is 16.8 Å². The number of carbonyl (C=O) groups excluding carboxylic acids is 1. The molecule has 4 rings (SSSR count). The Morgan fingerprint density at radius 2 is 2.04 bits per heavy atom. The molecular formula is C20H20N2O4. The van der Waals surface area contributed by atoms with E-state index in [1.54, 1.807) is 7.11 Å². The molecule has 1 aliphatic heterocycles. The zero-order chi connectivity index (χ0) is 18.1. The quantitative estimate of drug-likeness (QED) is 0.767. The standard InChI is InChI=1S/C20H20N2O4/c1-22-15-4-3-5-17(24-2)14(15)11-16(22)20(23)21-9-8-13-6-7-18-19(10-13)26-12-25-18/h3-7,10-11H,8-9,12H2,1-2H3,(H,21,23). The van der Waals surface area contributed by atoms with Crippen LogP contribution in [0.3, 0.4) is 0 Å².